The van der Waals surface area contributed by atoms with Crippen LogP contribution in [-0.2, 0) is 14.3 Å². The lowest BCUT2D eigenvalue weighted by atomic mass is 10.2. The van der Waals surface area contributed by atoms with Gasteiger partial charge in [-0.1, -0.05) is 12.8 Å². The van der Waals surface area contributed by atoms with Crippen LogP contribution in [-0.4, -0.2) is 50.2 Å². The molecule has 1 heterocycles. The third-order valence-electron chi connectivity index (χ3n) is 4.34. The standard InChI is InChI=1S/C20H27NO5/c1-15(20(23)21-10-6-4-5-7-11-21)26-19(22)9-8-16-12-17(24-2)14-18(13-16)25-3/h8-9,12-15H,4-7,10-11H2,1-3H3/b9-8+/t15-/m1/s1. The summed E-state index contributed by atoms with van der Waals surface area (Å²) in [6, 6.07) is 5.30. The van der Waals surface area contributed by atoms with E-state index < -0.39 is 12.1 Å². The van der Waals surface area contributed by atoms with E-state index in [1.165, 1.54) is 6.08 Å². The number of methoxy groups -OCH3 is 2. The van der Waals surface area contributed by atoms with Crippen LogP contribution in [0.5, 0.6) is 11.5 Å². The van der Waals surface area contributed by atoms with Crippen molar-refractivity contribution in [2.24, 2.45) is 0 Å². The zero-order chi connectivity index (χ0) is 18.9. The molecule has 1 aromatic rings. The Morgan fingerprint density at radius 2 is 1.58 bits per heavy atom. The first-order valence-corrected chi connectivity index (χ1v) is 8.94. The van der Waals surface area contributed by atoms with Crippen molar-refractivity contribution in [3.05, 3.63) is 29.8 Å². The Hall–Kier alpha value is -2.50. The molecule has 0 bridgehead atoms. The predicted octanol–water partition coefficient (Wildman–Crippen LogP) is 3.05. The lowest BCUT2D eigenvalue weighted by molar-refractivity contribution is -0.155. The number of amides is 1. The van der Waals surface area contributed by atoms with E-state index in [1.54, 1.807) is 50.3 Å². The quantitative estimate of drug-likeness (QED) is 0.576. The van der Waals surface area contributed by atoms with E-state index in [4.69, 9.17) is 14.2 Å². The van der Waals surface area contributed by atoms with Crippen LogP contribution < -0.4 is 9.47 Å². The summed E-state index contributed by atoms with van der Waals surface area (Å²) in [6.07, 6.45) is 6.42. The van der Waals surface area contributed by atoms with Crippen molar-refractivity contribution in [2.45, 2.75) is 38.7 Å². The first-order chi connectivity index (χ1) is 12.5. The molecule has 1 aliphatic rings. The van der Waals surface area contributed by atoms with Crippen LogP contribution in [0, 0.1) is 0 Å². The van der Waals surface area contributed by atoms with Gasteiger partial charge < -0.3 is 19.1 Å². The summed E-state index contributed by atoms with van der Waals surface area (Å²) in [7, 11) is 3.12. The lowest BCUT2D eigenvalue weighted by Gasteiger charge is -2.23. The number of carbonyl (C=O) groups excluding carboxylic acids is 2. The molecule has 1 amide bonds. The van der Waals surface area contributed by atoms with Crippen LogP contribution in [0.2, 0.25) is 0 Å². The number of esters is 1. The highest BCUT2D eigenvalue weighted by molar-refractivity contribution is 5.90. The van der Waals surface area contributed by atoms with E-state index in [1.807, 2.05) is 0 Å². The summed E-state index contributed by atoms with van der Waals surface area (Å²) >= 11 is 0. The average molecular weight is 361 g/mol. The molecule has 2 rings (SSSR count). The molecule has 1 fully saturated rings. The van der Waals surface area contributed by atoms with Gasteiger partial charge in [-0.05, 0) is 43.5 Å². The summed E-state index contributed by atoms with van der Waals surface area (Å²) < 4.78 is 15.7. The first kappa shape index (κ1) is 19.8. The van der Waals surface area contributed by atoms with Crippen molar-refractivity contribution >= 4 is 18.0 Å². The fraction of sp³-hybridized carbons (Fsp3) is 0.500. The molecule has 1 aromatic carbocycles. The summed E-state index contributed by atoms with van der Waals surface area (Å²) in [6.45, 7) is 3.09. The highest BCUT2D eigenvalue weighted by atomic mass is 16.5. The van der Waals surface area contributed by atoms with E-state index in [-0.39, 0.29) is 5.91 Å². The highest BCUT2D eigenvalue weighted by Gasteiger charge is 2.23. The van der Waals surface area contributed by atoms with Crippen LogP contribution in [0.4, 0.5) is 0 Å². The van der Waals surface area contributed by atoms with Crippen molar-refractivity contribution in [2.75, 3.05) is 27.3 Å². The number of hydrogen-bond donors (Lipinski definition) is 0. The molecule has 0 radical (unpaired) electrons. The monoisotopic (exact) mass is 361 g/mol. The molecule has 6 nitrogen and oxygen atoms in total. The van der Waals surface area contributed by atoms with Gasteiger partial charge in [-0.2, -0.15) is 0 Å². The van der Waals surface area contributed by atoms with Gasteiger partial charge >= 0.3 is 5.97 Å². The normalized spacial score (nSPS) is 16.0. The van der Waals surface area contributed by atoms with E-state index in [0.29, 0.717) is 11.5 Å². The summed E-state index contributed by atoms with van der Waals surface area (Å²) in [5, 5.41) is 0. The van der Waals surface area contributed by atoms with Crippen molar-refractivity contribution in [3.8, 4) is 11.5 Å². The lowest BCUT2D eigenvalue weighted by Crippen LogP contribution is -2.40. The number of nitrogens with zero attached hydrogens (tertiary/aromatic N) is 1. The van der Waals surface area contributed by atoms with Crippen molar-refractivity contribution < 1.29 is 23.8 Å². The van der Waals surface area contributed by atoms with Gasteiger partial charge in [-0.25, -0.2) is 4.79 Å². The zero-order valence-corrected chi connectivity index (χ0v) is 15.7. The first-order valence-electron chi connectivity index (χ1n) is 8.94. The van der Waals surface area contributed by atoms with E-state index in [9.17, 15) is 9.59 Å². The van der Waals surface area contributed by atoms with Gasteiger partial charge in [-0.15, -0.1) is 0 Å². The Morgan fingerprint density at radius 1 is 1.00 bits per heavy atom. The second-order valence-corrected chi connectivity index (χ2v) is 6.30. The minimum absolute atomic E-state index is 0.128. The molecule has 1 saturated heterocycles. The van der Waals surface area contributed by atoms with Gasteiger partial charge in [0.2, 0.25) is 0 Å². The summed E-state index contributed by atoms with van der Waals surface area (Å²) in [5.74, 6) is 0.573. The van der Waals surface area contributed by atoms with Crippen LogP contribution in [0.25, 0.3) is 6.08 Å². The smallest absolute Gasteiger partial charge is 0.331 e. The number of rotatable bonds is 6. The molecule has 0 saturated carbocycles. The number of carbonyl (C=O) groups is 2. The molecule has 0 spiro atoms. The molecule has 142 valence electrons. The second-order valence-electron chi connectivity index (χ2n) is 6.30. The minimum atomic E-state index is -0.787. The Bertz CT molecular complexity index is 625. The third-order valence-corrected chi connectivity index (χ3v) is 4.34. The minimum Gasteiger partial charge on any atom is -0.497 e. The number of ether oxygens (including phenoxy) is 3. The molecule has 0 N–H and O–H groups in total. The highest BCUT2D eigenvalue weighted by Crippen LogP contribution is 2.23. The fourth-order valence-corrected chi connectivity index (χ4v) is 2.90. The second kappa shape index (κ2) is 9.85. The van der Waals surface area contributed by atoms with Crippen molar-refractivity contribution in [1.82, 2.24) is 4.90 Å². The van der Waals surface area contributed by atoms with Gasteiger partial charge in [0.25, 0.3) is 5.91 Å². The Morgan fingerprint density at radius 3 is 2.12 bits per heavy atom. The summed E-state index contributed by atoms with van der Waals surface area (Å²) in [5.41, 5.74) is 0.740. The maximum Gasteiger partial charge on any atom is 0.331 e. The van der Waals surface area contributed by atoms with Gasteiger partial charge in [0.05, 0.1) is 14.2 Å². The number of hydrogen-bond acceptors (Lipinski definition) is 5. The Labute approximate surface area is 154 Å². The molecular formula is C20H27NO5. The van der Waals surface area contributed by atoms with Gasteiger partial charge in [-0.3, -0.25) is 4.79 Å². The molecule has 1 atom stereocenters. The molecule has 6 heteroatoms. The van der Waals surface area contributed by atoms with Gasteiger partial charge in [0.15, 0.2) is 6.10 Å². The SMILES string of the molecule is COc1cc(/C=C/C(=O)O[C@H](C)C(=O)N2CCCCCC2)cc(OC)c1. The summed E-state index contributed by atoms with van der Waals surface area (Å²) in [4.78, 5) is 26.3. The zero-order valence-electron chi connectivity index (χ0n) is 15.7. The molecular weight excluding hydrogens is 334 g/mol. The van der Waals surface area contributed by atoms with Crippen LogP contribution in [0.3, 0.4) is 0 Å². The maximum absolute atomic E-state index is 12.4. The molecule has 1 aliphatic heterocycles. The Balaban J connectivity index is 1.94. The van der Waals surface area contributed by atoms with E-state index in [2.05, 4.69) is 0 Å². The third kappa shape index (κ3) is 5.79. The number of benzene rings is 1. The predicted molar refractivity (Wildman–Crippen MR) is 99.2 cm³/mol. The topological polar surface area (TPSA) is 65.1 Å². The van der Waals surface area contributed by atoms with Crippen molar-refractivity contribution in [1.29, 1.82) is 0 Å². The fourth-order valence-electron chi connectivity index (χ4n) is 2.90. The largest absolute Gasteiger partial charge is 0.497 e. The van der Waals surface area contributed by atoms with Crippen LogP contribution in [0.15, 0.2) is 24.3 Å². The van der Waals surface area contributed by atoms with E-state index >= 15 is 0 Å². The van der Waals surface area contributed by atoms with Gasteiger partial charge in [0, 0.05) is 25.2 Å². The maximum atomic E-state index is 12.4. The molecule has 0 aromatic heterocycles. The molecule has 26 heavy (non-hydrogen) atoms. The Kier molecular flexibility index (Phi) is 7.51. The van der Waals surface area contributed by atoms with Crippen LogP contribution in [0.1, 0.15) is 38.2 Å². The average Bonchev–Trinajstić information content (AvgIpc) is 2.94. The van der Waals surface area contributed by atoms with Crippen molar-refractivity contribution in [3.63, 3.8) is 0 Å². The number of likely N-dealkylation sites (tertiary alicyclic amines) is 1. The van der Waals surface area contributed by atoms with E-state index in [0.717, 1.165) is 44.3 Å². The van der Waals surface area contributed by atoms with Crippen LogP contribution >= 0.6 is 0 Å². The van der Waals surface area contributed by atoms with Gasteiger partial charge in [0.1, 0.15) is 11.5 Å². The molecule has 0 aliphatic carbocycles. The molecule has 0 unspecified atom stereocenters.